The van der Waals surface area contributed by atoms with Gasteiger partial charge in [0.15, 0.2) is 5.84 Å². The van der Waals surface area contributed by atoms with Crippen molar-refractivity contribution in [2.75, 3.05) is 5.32 Å². The number of carbonyl (C=O) groups is 1. The summed E-state index contributed by atoms with van der Waals surface area (Å²) in [7, 11) is 0. The predicted octanol–water partition coefficient (Wildman–Crippen LogP) is 3.22. The quantitative estimate of drug-likeness (QED) is 0.336. The first kappa shape index (κ1) is 15.8. The molecule has 5 nitrogen and oxygen atoms in total. The third-order valence-corrected chi connectivity index (χ3v) is 4.58. The van der Waals surface area contributed by atoms with E-state index in [2.05, 4.69) is 26.4 Å². The van der Waals surface area contributed by atoms with E-state index in [0.717, 1.165) is 19.3 Å². The van der Waals surface area contributed by atoms with Crippen LogP contribution in [0.4, 0.5) is 10.1 Å². The van der Waals surface area contributed by atoms with E-state index in [4.69, 9.17) is 10.9 Å². The maximum atomic E-state index is 13.1. The normalized spacial score (nSPS) is 18.3. The van der Waals surface area contributed by atoms with Crippen LogP contribution in [0.1, 0.15) is 32.1 Å². The van der Waals surface area contributed by atoms with E-state index in [1.54, 1.807) is 0 Å². The molecule has 0 heterocycles. The highest BCUT2D eigenvalue weighted by Gasteiger charge is 2.44. The van der Waals surface area contributed by atoms with Crippen LogP contribution >= 0.6 is 15.9 Å². The van der Waals surface area contributed by atoms with Crippen LogP contribution in [0.3, 0.4) is 0 Å². The highest BCUT2D eigenvalue weighted by Crippen LogP contribution is 2.38. The van der Waals surface area contributed by atoms with Crippen molar-refractivity contribution in [3.05, 3.63) is 28.5 Å². The smallest absolute Gasteiger partial charge is 0.238 e. The van der Waals surface area contributed by atoms with Crippen LogP contribution in [0, 0.1) is 11.2 Å². The highest BCUT2D eigenvalue weighted by molar-refractivity contribution is 9.10. The van der Waals surface area contributed by atoms with E-state index >= 15 is 0 Å². The van der Waals surface area contributed by atoms with Gasteiger partial charge in [-0.2, -0.15) is 0 Å². The molecule has 1 saturated carbocycles. The summed E-state index contributed by atoms with van der Waals surface area (Å²) in [5.74, 6) is -0.800. The molecule has 21 heavy (non-hydrogen) atoms. The molecule has 1 aromatic carbocycles. The number of nitrogens with one attached hydrogen (secondary N) is 1. The molecule has 1 aliphatic carbocycles. The van der Waals surface area contributed by atoms with Gasteiger partial charge in [-0.05, 0) is 47.0 Å². The first-order valence-electron chi connectivity index (χ1n) is 6.74. The fourth-order valence-electron chi connectivity index (χ4n) is 2.68. The molecule has 0 unspecified atom stereocenters. The standard InChI is InChI=1S/C14H17BrFN3O2/c15-10-8-9(16)4-5-11(10)18-13(20)14(12(17)19-21)6-2-1-3-7-14/h4-5,8,21H,1-3,6-7H2,(H2,17,19)(H,18,20). The number of amides is 1. The van der Waals surface area contributed by atoms with Crippen LogP contribution in [0.5, 0.6) is 0 Å². The Bertz CT molecular complexity index is 571. The summed E-state index contributed by atoms with van der Waals surface area (Å²) in [6, 6.07) is 4.00. The second kappa shape index (κ2) is 6.43. The average molecular weight is 358 g/mol. The lowest BCUT2D eigenvalue weighted by Crippen LogP contribution is -2.48. The molecule has 0 spiro atoms. The van der Waals surface area contributed by atoms with E-state index in [-0.39, 0.29) is 11.7 Å². The van der Waals surface area contributed by atoms with Crippen molar-refractivity contribution in [3.8, 4) is 0 Å². The van der Waals surface area contributed by atoms with Crippen molar-refractivity contribution in [2.24, 2.45) is 16.3 Å². The van der Waals surface area contributed by atoms with Crippen molar-refractivity contribution in [2.45, 2.75) is 32.1 Å². The van der Waals surface area contributed by atoms with Crippen LogP contribution in [0.15, 0.2) is 27.8 Å². The lowest BCUT2D eigenvalue weighted by Gasteiger charge is -2.34. The number of hydrogen-bond donors (Lipinski definition) is 3. The van der Waals surface area contributed by atoms with E-state index in [1.165, 1.54) is 18.2 Å². The number of nitrogens with two attached hydrogens (primary N) is 1. The van der Waals surface area contributed by atoms with Gasteiger partial charge in [0.25, 0.3) is 0 Å². The van der Waals surface area contributed by atoms with Crippen LogP contribution < -0.4 is 11.1 Å². The van der Waals surface area contributed by atoms with Gasteiger partial charge in [0.1, 0.15) is 11.2 Å². The molecular weight excluding hydrogens is 341 g/mol. The van der Waals surface area contributed by atoms with Gasteiger partial charge in [-0.25, -0.2) is 4.39 Å². The summed E-state index contributed by atoms with van der Waals surface area (Å²) in [5, 5.41) is 14.8. The van der Waals surface area contributed by atoms with E-state index in [0.29, 0.717) is 23.0 Å². The minimum Gasteiger partial charge on any atom is -0.409 e. The number of hydrogen-bond acceptors (Lipinski definition) is 3. The largest absolute Gasteiger partial charge is 0.409 e. The Morgan fingerprint density at radius 2 is 2.05 bits per heavy atom. The van der Waals surface area contributed by atoms with Crippen LogP contribution in [-0.4, -0.2) is 17.0 Å². The number of carbonyl (C=O) groups excluding carboxylic acids is 1. The zero-order valence-corrected chi connectivity index (χ0v) is 13.0. The Balaban J connectivity index is 2.27. The molecule has 0 aromatic heterocycles. The first-order chi connectivity index (χ1) is 9.99. The molecule has 1 amide bonds. The molecule has 114 valence electrons. The zero-order valence-electron chi connectivity index (χ0n) is 11.4. The molecule has 2 rings (SSSR count). The number of halogens is 2. The van der Waals surface area contributed by atoms with Gasteiger partial charge < -0.3 is 16.3 Å². The number of oxime groups is 1. The lowest BCUT2D eigenvalue weighted by atomic mass is 9.72. The molecule has 0 atom stereocenters. The Hall–Kier alpha value is -1.63. The molecule has 7 heteroatoms. The van der Waals surface area contributed by atoms with E-state index < -0.39 is 11.2 Å². The van der Waals surface area contributed by atoms with Crippen molar-refractivity contribution in [1.82, 2.24) is 0 Å². The highest BCUT2D eigenvalue weighted by atomic mass is 79.9. The molecule has 4 N–H and O–H groups in total. The van der Waals surface area contributed by atoms with Gasteiger partial charge in [-0.15, -0.1) is 0 Å². The zero-order chi connectivity index (χ0) is 15.5. The Morgan fingerprint density at radius 1 is 1.38 bits per heavy atom. The van der Waals surface area contributed by atoms with Crippen molar-refractivity contribution < 1.29 is 14.4 Å². The van der Waals surface area contributed by atoms with Crippen molar-refractivity contribution in [3.63, 3.8) is 0 Å². The van der Waals surface area contributed by atoms with Gasteiger partial charge in [0.05, 0.1) is 5.69 Å². The predicted molar refractivity (Wildman–Crippen MR) is 81.7 cm³/mol. The number of amidine groups is 1. The van der Waals surface area contributed by atoms with Crippen molar-refractivity contribution >= 4 is 33.4 Å². The number of nitrogens with zero attached hydrogens (tertiary/aromatic N) is 1. The Labute approximate surface area is 130 Å². The maximum Gasteiger partial charge on any atom is 0.238 e. The van der Waals surface area contributed by atoms with Gasteiger partial charge in [-0.1, -0.05) is 24.4 Å². The van der Waals surface area contributed by atoms with Gasteiger partial charge in [0.2, 0.25) is 5.91 Å². The van der Waals surface area contributed by atoms with Crippen LogP contribution in [0.25, 0.3) is 0 Å². The number of rotatable bonds is 3. The lowest BCUT2D eigenvalue weighted by molar-refractivity contribution is -0.123. The summed E-state index contributed by atoms with van der Waals surface area (Å²) in [5.41, 5.74) is 5.22. The number of anilines is 1. The van der Waals surface area contributed by atoms with Gasteiger partial charge in [0, 0.05) is 4.47 Å². The molecule has 1 aromatic rings. The fourth-order valence-corrected chi connectivity index (χ4v) is 3.13. The third kappa shape index (κ3) is 3.18. The SMILES string of the molecule is NC(=NO)C1(C(=O)Nc2ccc(F)cc2Br)CCCCC1. The summed E-state index contributed by atoms with van der Waals surface area (Å²) in [6.45, 7) is 0. The van der Waals surface area contributed by atoms with E-state index in [9.17, 15) is 9.18 Å². The maximum absolute atomic E-state index is 13.1. The molecular formula is C14H17BrFN3O2. The summed E-state index contributed by atoms with van der Waals surface area (Å²) in [6.07, 6.45) is 3.78. The van der Waals surface area contributed by atoms with Gasteiger partial charge in [-0.3, -0.25) is 4.79 Å². The summed E-state index contributed by atoms with van der Waals surface area (Å²) >= 11 is 3.21. The fraction of sp³-hybridized carbons (Fsp3) is 0.429. The molecule has 0 aliphatic heterocycles. The van der Waals surface area contributed by atoms with Crippen LogP contribution in [-0.2, 0) is 4.79 Å². The van der Waals surface area contributed by atoms with Crippen molar-refractivity contribution in [1.29, 1.82) is 0 Å². The third-order valence-electron chi connectivity index (χ3n) is 3.92. The second-order valence-corrected chi connectivity index (χ2v) is 6.06. The monoisotopic (exact) mass is 357 g/mol. The first-order valence-corrected chi connectivity index (χ1v) is 7.53. The molecule has 0 saturated heterocycles. The molecule has 0 radical (unpaired) electrons. The minimum atomic E-state index is -0.999. The van der Waals surface area contributed by atoms with Gasteiger partial charge >= 0.3 is 0 Å². The Kier molecular flexibility index (Phi) is 4.82. The topological polar surface area (TPSA) is 87.7 Å². The van der Waals surface area contributed by atoms with E-state index in [1.807, 2.05) is 0 Å². The number of benzene rings is 1. The van der Waals surface area contributed by atoms with Crippen LogP contribution in [0.2, 0.25) is 0 Å². The second-order valence-electron chi connectivity index (χ2n) is 5.21. The molecule has 0 bridgehead atoms. The minimum absolute atomic E-state index is 0.0714. The summed E-state index contributed by atoms with van der Waals surface area (Å²) in [4.78, 5) is 12.6. The summed E-state index contributed by atoms with van der Waals surface area (Å²) < 4.78 is 13.5. The average Bonchev–Trinajstić information content (AvgIpc) is 2.49. The Morgan fingerprint density at radius 3 is 2.62 bits per heavy atom. The molecule has 1 fully saturated rings. The molecule has 1 aliphatic rings.